The summed E-state index contributed by atoms with van der Waals surface area (Å²) in [5.74, 6) is 0.0683. The molecule has 2 saturated heterocycles. The monoisotopic (exact) mass is 609 g/mol. The molecule has 0 aliphatic carbocycles. The Bertz CT molecular complexity index is 1730. The van der Waals surface area contributed by atoms with Crippen LogP contribution in [-0.2, 0) is 26.3 Å². The second-order valence-corrected chi connectivity index (χ2v) is 12.1. The lowest BCUT2D eigenvalue weighted by atomic mass is 9.82. The van der Waals surface area contributed by atoms with Gasteiger partial charge in [-0.05, 0) is 55.2 Å². The summed E-state index contributed by atoms with van der Waals surface area (Å²) in [5, 5.41) is 13.7. The second kappa shape index (κ2) is 11.8. The molecule has 12 heteroatoms. The minimum Gasteiger partial charge on any atom is -0.438 e. The van der Waals surface area contributed by atoms with Crippen LogP contribution in [0.25, 0.3) is 11.0 Å². The van der Waals surface area contributed by atoms with Crippen molar-refractivity contribution in [3.05, 3.63) is 83.2 Å². The summed E-state index contributed by atoms with van der Waals surface area (Å²) in [4.78, 5) is 47.9. The number of carbonyl (C=O) groups is 3. The Morgan fingerprint density at radius 3 is 2.60 bits per heavy atom. The summed E-state index contributed by atoms with van der Waals surface area (Å²) in [6.07, 6.45) is 2.37. The molecule has 3 aliphatic heterocycles. The number of ether oxygens (including phenoxy) is 2. The maximum atomic E-state index is 14.0. The molecular formula is C33H35N7O5. The number of hydrogen-bond acceptors (Lipinski definition) is 8. The van der Waals surface area contributed by atoms with E-state index in [0.29, 0.717) is 44.5 Å². The molecule has 2 aromatic heterocycles. The number of aromatic nitrogens is 4. The SMILES string of the molecule is Cc1cc(CC(OC(=O)N2CCC3(CC2)OC(=O)Nc2ccccc23)C(=O)N2CCC(c3ccccn3)CC2)cc2nn[nH]c12. The number of carbonyl (C=O) groups excluding carboxylic acids is 3. The van der Waals surface area contributed by atoms with Crippen LogP contribution in [0.5, 0.6) is 0 Å². The normalized spacial score (nSPS) is 18.6. The summed E-state index contributed by atoms with van der Waals surface area (Å²) < 4.78 is 11.9. The molecular weight excluding hydrogens is 574 g/mol. The van der Waals surface area contributed by atoms with E-state index in [-0.39, 0.29) is 18.2 Å². The third-order valence-electron chi connectivity index (χ3n) is 9.32. The van der Waals surface area contributed by atoms with E-state index in [1.165, 1.54) is 0 Å². The molecule has 2 fully saturated rings. The van der Waals surface area contributed by atoms with Gasteiger partial charge in [-0.1, -0.05) is 35.5 Å². The van der Waals surface area contributed by atoms with Gasteiger partial charge < -0.3 is 19.3 Å². The summed E-state index contributed by atoms with van der Waals surface area (Å²) in [5.41, 5.74) is 5.15. The first-order chi connectivity index (χ1) is 21.9. The first-order valence-corrected chi connectivity index (χ1v) is 15.4. The average Bonchev–Trinajstić information content (AvgIpc) is 3.54. The molecule has 2 N–H and O–H groups in total. The number of benzene rings is 2. The van der Waals surface area contributed by atoms with Crippen LogP contribution in [0.15, 0.2) is 60.8 Å². The van der Waals surface area contributed by atoms with Crippen LogP contribution in [0.3, 0.4) is 0 Å². The zero-order chi connectivity index (χ0) is 31.0. The number of piperidine rings is 2. The number of likely N-dealkylation sites (tertiary alicyclic amines) is 2. The number of aryl methyl sites for hydroxylation is 1. The molecule has 232 valence electrons. The number of hydrogen-bond donors (Lipinski definition) is 2. The second-order valence-electron chi connectivity index (χ2n) is 12.1. The Balaban J connectivity index is 1.07. The molecule has 1 unspecified atom stereocenters. The van der Waals surface area contributed by atoms with Gasteiger partial charge in [0.05, 0.1) is 11.2 Å². The van der Waals surface area contributed by atoms with Crippen LogP contribution in [0, 0.1) is 6.92 Å². The summed E-state index contributed by atoms with van der Waals surface area (Å²) in [7, 11) is 0. The van der Waals surface area contributed by atoms with Crippen LogP contribution >= 0.6 is 0 Å². The largest absolute Gasteiger partial charge is 0.438 e. The van der Waals surface area contributed by atoms with E-state index < -0.39 is 23.9 Å². The van der Waals surface area contributed by atoms with Crippen LogP contribution < -0.4 is 5.32 Å². The Morgan fingerprint density at radius 1 is 1.04 bits per heavy atom. The maximum absolute atomic E-state index is 14.0. The van der Waals surface area contributed by atoms with Crippen LogP contribution in [0.4, 0.5) is 15.3 Å². The highest BCUT2D eigenvalue weighted by molar-refractivity contribution is 5.89. The van der Waals surface area contributed by atoms with Gasteiger partial charge in [-0.25, -0.2) is 9.59 Å². The topological polar surface area (TPSA) is 143 Å². The van der Waals surface area contributed by atoms with E-state index in [4.69, 9.17) is 9.47 Å². The van der Waals surface area contributed by atoms with Crippen molar-refractivity contribution in [1.29, 1.82) is 0 Å². The molecule has 5 heterocycles. The lowest BCUT2D eigenvalue weighted by molar-refractivity contribution is -0.142. The number of anilines is 1. The molecule has 1 atom stereocenters. The third kappa shape index (κ3) is 5.67. The third-order valence-corrected chi connectivity index (χ3v) is 9.32. The van der Waals surface area contributed by atoms with Crippen molar-refractivity contribution in [3.63, 3.8) is 0 Å². The van der Waals surface area contributed by atoms with Crippen molar-refractivity contribution < 1.29 is 23.9 Å². The van der Waals surface area contributed by atoms with E-state index in [2.05, 4.69) is 25.7 Å². The first kappa shape index (κ1) is 28.8. The number of fused-ring (bicyclic) bond motifs is 3. The minimum atomic E-state index is -1.01. The average molecular weight is 610 g/mol. The molecule has 4 aromatic rings. The van der Waals surface area contributed by atoms with Gasteiger partial charge in [0, 0.05) is 68.8 Å². The van der Waals surface area contributed by atoms with E-state index >= 15 is 0 Å². The van der Waals surface area contributed by atoms with E-state index in [9.17, 15) is 14.4 Å². The smallest absolute Gasteiger partial charge is 0.412 e. The predicted molar refractivity (Wildman–Crippen MR) is 164 cm³/mol. The molecule has 7 rings (SSSR count). The first-order valence-electron chi connectivity index (χ1n) is 15.4. The molecule has 1 spiro atoms. The molecule has 0 bridgehead atoms. The van der Waals surface area contributed by atoms with Crippen LogP contribution in [-0.4, -0.2) is 80.6 Å². The quantitative estimate of drug-likeness (QED) is 0.333. The van der Waals surface area contributed by atoms with Gasteiger partial charge in [0.2, 0.25) is 0 Å². The highest BCUT2D eigenvalue weighted by Crippen LogP contribution is 2.43. The number of para-hydroxylation sites is 1. The van der Waals surface area contributed by atoms with Gasteiger partial charge in [-0.15, -0.1) is 5.10 Å². The number of H-pyrrole nitrogens is 1. The van der Waals surface area contributed by atoms with E-state index in [1.54, 1.807) is 16.0 Å². The lowest BCUT2D eigenvalue weighted by Gasteiger charge is -2.44. The fraction of sp³-hybridized carbons (Fsp3) is 0.394. The zero-order valence-corrected chi connectivity index (χ0v) is 25.1. The highest BCUT2D eigenvalue weighted by atomic mass is 16.6. The number of nitrogens with zero attached hydrogens (tertiary/aromatic N) is 5. The van der Waals surface area contributed by atoms with Gasteiger partial charge in [-0.3, -0.25) is 20.2 Å². The Hall–Kier alpha value is -5.00. The van der Waals surface area contributed by atoms with Crippen molar-refractivity contribution in [2.45, 2.75) is 56.7 Å². The van der Waals surface area contributed by atoms with Crippen molar-refractivity contribution in [2.24, 2.45) is 0 Å². The Labute approximate surface area is 260 Å². The lowest BCUT2D eigenvalue weighted by Crippen LogP contribution is -2.51. The van der Waals surface area contributed by atoms with E-state index in [0.717, 1.165) is 46.4 Å². The van der Waals surface area contributed by atoms with Crippen molar-refractivity contribution >= 4 is 34.8 Å². The minimum absolute atomic E-state index is 0.211. The number of pyridine rings is 1. The fourth-order valence-electron chi connectivity index (χ4n) is 6.90. The predicted octanol–water partition coefficient (Wildman–Crippen LogP) is 4.67. The summed E-state index contributed by atoms with van der Waals surface area (Å²) in [6.45, 7) is 3.70. The molecule has 45 heavy (non-hydrogen) atoms. The Kier molecular flexibility index (Phi) is 7.56. The number of amides is 3. The molecule has 0 radical (unpaired) electrons. The number of rotatable bonds is 5. The van der Waals surface area contributed by atoms with E-state index in [1.807, 2.05) is 61.5 Å². The molecule has 0 saturated carbocycles. The van der Waals surface area contributed by atoms with Crippen molar-refractivity contribution in [3.8, 4) is 0 Å². The standard InChI is InChI=1S/C33H35N7O5/c1-21-18-22(19-27-29(21)37-38-36-27)20-28(30(41)39-14-9-23(10-15-39)25-7-4-5-13-34-25)44-32(43)40-16-11-33(12-17-40)24-6-2-3-8-26(24)35-31(42)45-33/h2-8,13,18-19,23,28H,9-12,14-17,20H2,1H3,(H,35,42)(H,36,37,38). The number of aromatic amines is 1. The zero-order valence-electron chi connectivity index (χ0n) is 25.1. The van der Waals surface area contributed by atoms with Gasteiger partial charge in [0.15, 0.2) is 6.10 Å². The molecule has 2 aromatic carbocycles. The van der Waals surface area contributed by atoms with Crippen LogP contribution in [0.1, 0.15) is 54.0 Å². The Morgan fingerprint density at radius 2 is 1.82 bits per heavy atom. The van der Waals surface area contributed by atoms with Gasteiger partial charge >= 0.3 is 12.2 Å². The van der Waals surface area contributed by atoms with Gasteiger partial charge in [-0.2, -0.15) is 0 Å². The van der Waals surface area contributed by atoms with Gasteiger partial charge in [0.1, 0.15) is 11.1 Å². The number of nitrogens with one attached hydrogen (secondary N) is 2. The fourth-order valence-corrected chi connectivity index (χ4v) is 6.90. The highest BCUT2D eigenvalue weighted by Gasteiger charge is 2.45. The van der Waals surface area contributed by atoms with Crippen molar-refractivity contribution in [2.75, 3.05) is 31.5 Å². The summed E-state index contributed by atoms with van der Waals surface area (Å²) in [6, 6.07) is 17.3. The van der Waals surface area contributed by atoms with Gasteiger partial charge in [0.25, 0.3) is 5.91 Å². The molecule has 12 nitrogen and oxygen atoms in total. The van der Waals surface area contributed by atoms with Crippen LogP contribution in [0.2, 0.25) is 0 Å². The maximum Gasteiger partial charge on any atom is 0.412 e. The summed E-state index contributed by atoms with van der Waals surface area (Å²) >= 11 is 0. The molecule has 3 aliphatic rings. The molecule has 3 amide bonds. The van der Waals surface area contributed by atoms with Crippen molar-refractivity contribution in [1.82, 2.24) is 30.2 Å².